The summed E-state index contributed by atoms with van der Waals surface area (Å²) in [5.74, 6) is 0.722. The van der Waals surface area contributed by atoms with Crippen LogP contribution in [0.1, 0.15) is 38.0 Å². The fraction of sp³-hybridized carbons (Fsp3) is 0.421. The molecule has 7 heteroatoms. The second-order valence-corrected chi connectivity index (χ2v) is 6.91. The number of benzene rings is 1. The Hall–Kier alpha value is -2.34. The SMILES string of the molecule is NC(=O)C[C@@H]1CCCCN1C(=O)CCc1ncc(-c2ccccc2Cl)o1. The van der Waals surface area contributed by atoms with Gasteiger partial charge in [0.15, 0.2) is 11.7 Å². The van der Waals surface area contributed by atoms with E-state index in [9.17, 15) is 9.59 Å². The minimum atomic E-state index is -0.369. The molecule has 1 aromatic carbocycles. The molecule has 0 aliphatic carbocycles. The third-order valence-corrected chi connectivity index (χ3v) is 4.96. The van der Waals surface area contributed by atoms with Gasteiger partial charge in [0.25, 0.3) is 0 Å². The van der Waals surface area contributed by atoms with Gasteiger partial charge in [0.2, 0.25) is 11.8 Å². The van der Waals surface area contributed by atoms with Crippen LogP contribution in [0.15, 0.2) is 34.9 Å². The molecular formula is C19H22ClN3O3. The fourth-order valence-electron chi connectivity index (χ4n) is 3.34. The maximum atomic E-state index is 12.6. The van der Waals surface area contributed by atoms with E-state index in [4.69, 9.17) is 21.8 Å². The number of piperidine rings is 1. The molecule has 138 valence electrons. The molecule has 0 spiro atoms. The second-order valence-electron chi connectivity index (χ2n) is 6.51. The van der Waals surface area contributed by atoms with Gasteiger partial charge in [-0.1, -0.05) is 23.7 Å². The van der Waals surface area contributed by atoms with Crippen LogP contribution >= 0.6 is 11.6 Å². The van der Waals surface area contributed by atoms with Crippen molar-refractivity contribution >= 4 is 23.4 Å². The lowest BCUT2D eigenvalue weighted by Crippen LogP contribution is -2.45. The first-order valence-corrected chi connectivity index (χ1v) is 9.20. The van der Waals surface area contributed by atoms with E-state index in [-0.39, 0.29) is 30.7 Å². The standard InChI is InChI=1S/C19H22ClN3O3/c20-15-7-2-1-6-14(15)16-12-22-18(26-16)8-9-19(25)23-10-4-3-5-13(23)11-17(21)24/h1-2,6-7,12-13H,3-5,8-11H2,(H2,21,24)/t13-/m0/s1. The number of hydrogen-bond acceptors (Lipinski definition) is 4. The Bertz CT molecular complexity index is 790. The molecule has 2 N–H and O–H groups in total. The lowest BCUT2D eigenvalue weighted by molar-refractivity contribution is -0.135. The number of nitrogens with zero attached hydrogens (tertiary/aromatic N) is 2. The number of carbonyl (C=O) groups excluding carboxylic acids is 2. The molecule has 1 aliphatic heterocycles. The van der Waals surface area contributed by atoms with Crippen LogP contribution in [0, 0.1) is 0 Å². The number of nitrogens with two attached hydrogens (primary N) is 1. The van der Waals surface area contributed by atoms with E-state index in [2.05, 4.69) is 4.98 Å². The third-order valence-electron chi connectivity index (χ3n) is 4.63. The Morgan fingerprint density at radius 1 is 1.31 bits per heavy atom. The summed E-state index contributed by atoms with van der Waals surface area (Å²) in [6.07, 6.45) is 5.34. The average Bonchev–Trinajstić information content (AvgIpc) is 3.09. The number of likely N-dealkylation sites (tertiary alicyclic amines) is 1. The Morgan fingerprint density at radius 2 is 2.12 bits per heavy atom. The van der Waals surface area contributed by atoms with Crippen LogP contribution in [0.4, 0.5) is 0 Å². The Balaban J connectivity index is 1.61. The monoisotopic (exact) mass is 375 g/mol. The summed E-state index contributed by atoms with van der Waals surface area (Å²) >= 11 is 6.17. The highest BCUT2D eigenvalue weighted by Gasteiger charge is 2.27. The van der Waals surface area contributed by atoms with E-state index >= 15 is 0 Å². The molecule has 2 heterocycles. The summed E-state index contributed by atoms with van der Waals surface area (Å²) in [6.45, 7) is 0.674. The van der Waals surface area contributed by atoms with Crippen LogP contribution < -0.4 is 5.73 Å². The predicted octanol–water partition coefficient (Wildman–Crippen LogP) is 3.18. The number of halogens is 1. The van der Waals surface area contributed by atoms with Crippen molar-refractivity contribution in [2.45, 2.75) is 44.6 Å². The summed E-state index contributed by atoms with van der Waals surface area (Å²) in [4.78, 5) is 29.8. The molecule has 1 atom stereocenters. The van der Waals surface area contributed by atoms with Crippen molar-refractivity contribution in [1.82, 2.24) is 9.88 Å². The number of primary amides is 1. The Kier molecular flexibility index (Phi) is 5.93. The molecule has 1 saturated heterocycles. The predicted molar refractivity (Wildman–Crippen MR) is 98.4 cm³/mol. The van der Waals surface area contributed by atoms with Crippen molar-refractivity contribution in [2.75, 3.05) is 6.54 Å². The minimum Gasteiger partial charge on any atom is -0.441 e. The highest BCUT2D eigenvalue weighted by Crippen LogP contribution is 2.28. The van der Waals surface area contributed by atoms with Gasteiger partial charge in [-0.2, -0.15) is 0 Å². The van der Waals surface area contributed by atoms with Crippen molar-refractivity contribution in [3.63, 3.8) is 0 Å². The zero-order valence-corrected chi connectivity index (χ0v) is 15.2. The molecule has 3 rings (SSSR count). The van der Waals surface area contributed by atoms with Gasteiger partial charge in [-0.05, 0) is 31.4 Å². The first kappa shape index (κ1) is 18.5. The highest BCUT2D eigenvalue weighted by atomic mass is 35.5. The van der Waals surface area contributed by atoms with Gasteiger partial charge in [-0.3, -0.25) is 9.59 Å². The molecule has 1 aliphatic rings. The van der Waals surface area contributed by atoms with Gasteiger partial charge >= 0.3 is 0 Å². The van der Waals surface area contributed by atoms with Crippen molar-refractivity contribution in [3.05, 3.63) is 41.4 Å². The fourth-order valence-corrected chi connectivity index (χ4v) is 3.57. The topological polar surface area (TPSA) is 89.4 Å². The van der Waals surface area contributed by atoms with E-state index in [0.29, 0.717) is 29.6 Å². The quantitative estimate of drug-likeness (QED) is 0.839. The molecule has 6 nitrogen and oxygen atoms in total. The van der Waals surface area contributed by atoms with Crippen molar-refractivity contribution in [2.24, 2.45) is 5.73 Å². The van der Waals surface area contributed by atoms with Crippen molar-refractivity contribution in [1.29, 1.82) is 0 Å². The molecule has 0 unspecified atom stereocenters. The van der Waals surface area contributed by atoms with Crippen LogP contribution in [-0.4, -0.2) is 34.3 Å². The molecule has 26 heavy (non-hydrogen) atoms. The van der Waals surface area contributed by atoms with Crippen LogP contribution in [-0.2, 0) is 16.0 Å². The van der Waals surface area contributed by atoms with E-state index in [1.165, 1.54) is 0 Å². The number of aromatic nitrogens is 1. The molecule has 1 fully saturated rings. The van der Waals surface area contributed by atoms with Crippen LogP contribution in [0.2, 0.25) is 5.02 Å². The van der Waals surface area contributed by atoms with E-state index in [1.54, 1.807) is 17.2 Å². The van der Waals surface area contributed by atoms with Gasteiger partial charge in [0.05, 0.1) is 11.2 Å². The average molecular weight is 376 g/mol. The maximum absolute atomic E-state index is 12.6. The first-order valence-electron chi connectivity index (χ1n) is 8.82. The summed E-state index contributed by atoms with van der Waals surface area (Å²) < 4.78 is 5.74. The van der Waals surface area contributed by atoms with Gasteiger partial charge < -0.3 is 15.1 Å². The van der Waals surface area contributed by atoms with Crippen LogP contribution in [0.25, 0.3) is 11.3 Å². The van der Waals surface area contributed by atoms with Crippen LogP contribution in [0.3, 0.4) is 0 Å². The third kappa shape index (κ3) is 4.43. The first-order chi connectivity index (χ1) is 12.5. The molecule has 2 amide bonds. The molecule has 2 aromatic rings. The van der Waals surface area contributed by atoms with Gasteiger partial charge in [-0.25, -0.2) is 4.98 Å². The number of oxazole rings is 1. The number of amides is 2. The van der Waals surface area contributed by atoms with Crippen molar-refractivity contribution in [3.8, 4) is 11.3 Å². The number of aryl methyl sites for hydroxylation is 1. The van der Waals surface area contributed by atoms with Gasteiger partial charge in [-0.15, -0.1) is 0 Å². The van der Waals surface area contributed by atoms with E-state index in [1.807, 2.05) is 18.2 Å². The summed E-state index contributed by atoms with van der Waals surface area (Å²) in [5.41, 5.74) is 6.08. The lowest BCUT2D eigenvalue weighted by Gasteiger charge is -2.35. The molecule has 0 saturated carbocycles. The number of hydrogen-bond donors (Lipinski definition) is 1. The van der Waals surface area contributed by atoms with E-state index in [0.717, 1.165) is 24.8 Å². The number of rotatable bonds is 6. The minimum absolute atomic E-state index is 0.00782. The zero-order valence-electron chi connectivity index (χ0n) is 14.5. The molecule has 0 bridgehead atoms. The Labute approximate surface area is 157 Å². The van der Waals surface area contributed by atoms with Crippen molar-refractivity contribution < 1.29 is 14.0 Å². The van der Waals surface area contributed by atoms with Gasteiger partial charge in [0.1, 0.15) is 0 Å². The Morgan fingerprint density at radius 3 is 2.88 bits per heavy atom. The van der Waals surface area contributed by atoms with E-state index < -0.39 is 0 Å². The summed E-state index contributed by atoms with van der Waals surface area (Å²) in [5, 5.41) is 0.592. The normalized spacial score (nSPS) is 17.3. The smallest absolute Gasteiger partial charge is 0.223 e. The summed E-state index contributed by atoms with van der Waals surface area (Å²) in [7, 11) is 0. The number of carbonyl (C=O) groups is 2. The largest absolute Gasteiger partial charge is 0.441 e. The second kappa shape index (κ2) is 8.36. The molecular weight excluding hydrogens is 354 g/mol. The summed E-state index contributed by atoms with van der Waals surface area (Å²) in [6, 6.07) is 7.29. The highest BCUT2D eigenvalue weighted by molar-refractivity contribution is 6.33. The zero-order chi connectivity index (χ0) is 18.5. The van der Waals surface area contributed by atoms with Crippen LogP contribution in [0.5, 0.6) is 0 Å². The maximum Gasteiger partial charge on any atom is 0.223 e. The lowest BCUT2D eigenvalue weighted by atomic mass is 9.98. The van der Waals surface area contributed by atoms with Gasteiger partial charge in [0, 0.05) is 37.4 Å². The molecule has 1 aromatic heterocycles. The molecule has 0 radical (unpaired) electrons.